The predicted octanol–water partition coefficient (Wildman–Crippen LogP) is 3.16. The van der Waals surface area contributed by atoms with Crippen LogP contribution in [-0.4, -0.2) is 11.6 Å². The smallest absolute Gasteiger partial charge is 0.0569 e. The molecule has 2 heteroatoms. The number of alkyl halides is 1. The van der Waals surface area contributed by atoms with Crippen molar-refractivity contribution in [1.29, 1.82) is 0 Å². The summed E-state index contributed by atoms with van der Waals surface area (Å²) in [7, 11) is 0. The Labute approximate surface area is 73.5 Å². The maximum Gasteiger partial charge on any atom is 0.0569 e. The van der Waals surface area contributed by atoms with Crippen molar-refractivity contribution in [1.82, 2.24) is 0 Å². The highest BCUT2D eigenvalue weighted by atomic mass is 35.5. The monoisotopic (exact) mass is 171 g/mol. The Kier molecular flexibility index (Phi) is 5.86. The van der Waals surface area contributed by atoms with Gasteiger partial charge in [0.15, 0.2) is 0 Å². The molecule has 0 aliphatic heterocycles. The van der Waals surface area contributed by atoms with Crippen molar-refractivity contribution in [2.75, 3.05) is 0 Å². The second-order valence-corrected chi connectivity index (χ2v) is 2.84. The number of rotatable bonds is 4. The Morgan fingerprint density at radius 3 is 2.73 bits per heavy atom. The molecule has 0 rings (SSSR count). The van der Waals surface area contributed by atoms with Gasteiger partial charge in [-0.05, 0) is 18.9 Å². The molecule has 0 saturated carbocycles. The molecule has 1 nitrogen and oxygen atoms in total. The van der Waals surface area contributed by atoms with Crippen LogP contribution in [0.4, 0.5) is 0 Å². The molecule has 0 N–H and O–H groups in total. The van der Waals surface area contributed by atoms with Crippen molar-refractivity contribution in [3.8, 4) is 0 Å². The van der Waals surface area contributed by atoms with Crippen molar-refractivity contribution in [2.45, 2.75) is 25.6 Å². The average Bonchev–Trinajstić information content (AvgIpc) is 1.97. The normalized spacial score (nSPS) is 15.4. The number of hydrogen-bond acceptors (Lipinski definition) is 1. The molecule has 0 amide bonds. The van der Waals surface area contributed by atoms with E-state index in [9.17, 15) is 0 Å². The molecular formula is C9H14ClN. The zero-order valence-electron chi connectivity index (χ0n) is 7.05. The van der Waals surface area contributed by atoms with Crippen LogP contribution in [0.25, 0.3) is 0 Å². The van der Waals surface area contributed by atoms with E-state index in [1.54, 1.807) is 6.21 Å². The van der Waals surface area contributed by atoms with Crippen LogP contribution in [0.1, 0.15) is 20.3 Å². The number of nitrogens with zero attached hydrogens (tertiary/aromatic N) is 1. The summed E-state index contributed by atoms with van der Waals surface area (Å²) >= 11 is 5.86. The highest BCUT2D eigenvalue weighted by Crippen LogP contribution is 2.07. The van der Waals surface area contributed by atoms with Crippen molar-refractivity contribution in [3.05, 3.63) is 24.4 Å². The molecule has 0 aliphatic carbocycles. The number of halogens is 1. The Bertz CT molecular complexity index is 168. The van der Waals surface area contributed by atoms with Crippen molar-refractivity contribution < 1.29 is 0 Å². The van der Waals surface area contributed by atoms with Crippen molar-refractivity contribution in [3.63, 3.8) is 0 Å². The van der Waals surface area contributed by atoms with Gasteiger partial charge >= 0.3 is 0 Å². The summed E-state index contributed by atoms with van der Waals surface area (Å²) < 4.78 is 0. The molecule has 0 saturated heterocycles. The van der Waals surface area contributed by atoms with E-state index in [0.29, 0.717) is 0 Å². The van der Waals surface area contributed by atoms with Gasteiger partial charge in [0.1, 0.15) is 0 Å². The van der Waals surface area contributed by atoms with Gasteiger partial charge in [-0.2, -0.15) is 0 Å². The van der Waals surface area contributed by atoms with Gasteiger partial charge in [-0.3, -0.25) is 4.99 Å². The molecule has 1 atom stereocenters. The molecule has 0 aromatic rings. The van der Waals surface area contributed by atoms with Crippen LogP contribution in [0.3, 0.4) is 0 Å². The van der Waals surface area contributed by atoms with Crippen LogP contribution in [0, 0.1) is 0 Å². The number of hydrogen-bond donors (Lipinski definition) is 0. The maximum atomic E-state index is 5.86. The number of aliphatic imine (C=N–C) groups is 1. The first kappa shape index (κ1) is 10.4. The fourth-order valence-corrected chi connectivity index (χ4v) is 0.838. The first-order valence-corrected chi connectivity index (χ1v) is 4.14. The second-order valence-electron chi connectivity index (χ2n) is 2.19. The van der Waals surface area contributed by atoms with E-state index in [-0.39, 0.29) is 5.38 Å². The molecule has 11 heavy (non-hydrogen) atoms. The van der Waals surface area contributed by atoms with Crippen molar-refractivity contribution in [2.24, 2.45) is 4.99 Å². The summed E-state index contributed by atoms with van der Waals surface area (Å²) in [5.74, 6) is 0. The van der Waals surface area contributed by atoms with E-state index in [1.165, 1.54) is 6.20 Å². The highest BCUT2D eigenvalue weighted by molar-refractivity contribution is 6.24. The molecular weight excluding hydrogens is 158 g/mol. The third kappa shape index (κ3) is 4.79. The van der Waals surface area contributed by atoms with Gasteiger partial charge in [-0.15, -0.1) is 11.6 Å². The van der Waals surface area contributed by atoms with E-state index in [1.807, 2.05) is 6.92 Å². The first-order chi connectivity index (χ1) is 5.22. The molecule has 0 radical (unpaired) electrons. The predicted molar refractivity (Wildman–Crippen MR) is 52.4 cm³/mol. The zero-order chi connectivity index (χ0) is 8.69. The second kappa shape index (κ2) is 6.17. The Morgan fingerprint density at radius 2 is 2.36 bits per heavy atom. The lowest BCUT2D eigenvalue weighted by Crippen LogP contribution is -1.97. The van der Waals surface area contributed by atoms with E-state index < -0.39 is 0 Å². The van der Waals surface area contributed by atoms with Gasteiger partial charge in [-0.1, -0.05) is 19.6 Å². The van der Waals surface area contributed by atoms with E-state index in [4.69, 9.17) is 11.6 Å². The summed E-state index contributed by atoms with van der Waals surface area (Å²) in [6.07, 6.45) is 6.29. The largest absolute Gasteiger partial charge is 0.265 e. The zero-order valence-corrected chi connectivity index (χ0v) is 7.80. The minimum Gasteiger partial charge on any atom is -0.265 e. The Hall–Kier alpha value is -0.560. The molecule has 0 aromatic carbocycles. The number of allylic oxidation sites excluding steroid dienone is 2. The molecule has 0 aromatic heterocycles. The third-order valence-electron chi connectivity index (χ3n) is 1.23. The Morgan fingerprint density at radius 1 is 1.73 bits per heavy atom. The summed E-state index contributed by atoms with van der Waals surface area (Å²) in [6.45, 7) is 7.48. The molecule has 0 spiro atoms. The highest BCUT2D eigenvalue weighted by Gasteiger charge is 1.99. The third-order valence-corrected chi connectivity index (χ3v) is 1.48. The van der Waals surface area contributed by atoms with Crippen molar-refractivity contribution >= 4 is 17.8 Å². The van der Waals surface area contributed by atoms with Gasteiger partial charge < -0.3 is 0 Å². The molecule has 62 valence electrons. The van der Waals surface area contributed by atoms with E-state index in [2.05, 4.69) is 24.6 Å². The van der Waals surface area contributed by atoms with Crippen LogP contribution < -0.4 is 0 Å². The molecule has 0 heterocycles. The fraction of sp³-hybridized carbons (Fsp3) is 0.444. The topological polar surface area (TPSA) is 12.4 Å². The lowest BCUT2D eigenvalue weighted by molar-refractivity contribution is 1.13. The van der Waals surface area contributed by atoms with E-state index >= 15 is 0 Å². The lowest BCUT2D eigenvalue weighted by Gasteiger charge is -2.01. The molecule has 0 aliphatic rings. The minimum atomic E-state index is 0.0265. The minimum absolute atomic E-state index is 0.0265. The summed E-state index contributed by atoms with van der Waals surface area (Å²) in [4.78, 5) is 3.90. The Balaban J connectivity index is 4.22. The summed E-state index contributed by atoms with van der Waals surface area (Å²) in [5.41, 5.74) is 1.05. The van der Waals surface area contributed by atoms with Gasteiger partial charge in [0.05, 0.1) is 5.38 Å². The van der Waals surface area contributed by atoms with Crippen LogP contribution >= 0.6 is 11.6 Å². The van der Waals surface area contributed by atoms with Crippen LogP contribution in [0.15, 0.2) is 29.4 Å². The first-order valence-electron chi connectivity index (χ1n) is 3.70. The standard InChI is InChI=1S/C9H14ClN/c1-4-6-9(8(3)10)7-11-5-2/h5-8H,2,4H2,1,3H3/b9-6+,11-7?. The molecule has 1 unspecified atom stereocenters. The molecule has 0 fully saturated rings. The van der Waals surface area contributed by atoms with Gasteiger partial charge in [0, 0.05) is 12.4 Å². The summed E-state index contributed by atoms with van der Waals surface area (Å²) in [6, 6.07) is 0. The van der Waals surface area contributed by atoms with Crippen LogP contribution in [-0.2, 0) is 0 Å². The summed E-state index contributed by atoms with van der Waals surface area (Å²) in [5, 5.41) is 0.0265. The molecule has 0 bridgehead atoms. The average molecular weight is 172 g/mol. The quantitative estimate of drug-likeness (QED) is 0.455. The fourth-order valence-electron chi connectivity index (χ4n) is 0.692. The van der Waals surface area contributed by atoms with Crippen LogP contribution in [0.2, 0.25) is 0 Å². The van der Waals surface area contributed by atoms with Gasteiger partial charge in [-0.25, -0.2) is 0 Å². The van der Waals surface area contributed by atoms with Crippen LogP contribution in [0.5, 0.6) is 0 Å². The maximum absolute atomic E-state index is 5.86. The van der Waals surface area contributed by atoms with E-state index in [0.717, 1.165) is 12.0 Å². The lowest BCUT2D eigenvalue weighted by atomic mass is 10.2. The van der Waals surface area contributed by atoms with Gasteiger partial charge in [0.25, 0.3) is 0 Å². The SMILES string of the molecule is C=CN=C/C(=C\CC)C(C)Cl. The van der Waals surface area contributed by atoms with Gasteiger partial charge in [0.2, 0.25) is 0 Å².